The summed E-state index contributed by atoms with van der Waals surface area (Å²) < 4.78 is 5.32. The number of carbonyl (C=O) groups excluding carboxylic acids is 1. The van der Waals surface area contributed by atoms with Crippen molar-refractivity contribution in [3.63, 3.8) is 0 Å². The summed E-state index contributed by atoms with van der Waals surface area (Å²) in [5.74, 6) is -1.82. The van der Waals surface area contributed by atoms with Crippen LogP contribution in [0.1, 0.15) is 36.7 Å². The summed E-state index contributed by atoms with van der Waals surface area (Å²) in [6.07, 6.45) is -1.20. The first-order chi connectivity index (χ1) is 14.1. The molecule has 0 unspecified atom stereocenters. The summed E-state index contributed by atoms with van der Waals surface area (Å²) in [6.45, 7) is 8.62. The molecule has 3 N–H and O–H groups in total. The molecule has 0 bridgehead atoms. The molecule has 0 fully saturated rings. The summed E-state index contributed by atoms with van der Waals surface area (Å²) in [5.41, 5.74) is 0.350. The third-order valence-corrected chi connectivity index (χ3v) is 5.06. The van der Waals surface area contributed by atoms with Crippen molar-refractivity contribution in [1.82, 2.24) is 0 Å². The Morgan fingerprint density at radius 2 is 1.77 bits per heavy atom. The van der Waals surface area contributed by atoms with Crippen molar-refractivity contribution in [2.75, 3.05) is 0 Å². The van der Waals surface area contributed by atoms with Crippen molar-refractivity contribution in [3.8, 4) is 22.6 Å². The van der Waals surface area contributed by atoms with Crippen molar-refractivity contribution in [3.05, 3.63) is 70.1 Å². The molecule has 6 heteroatoms. The Bertz CT molecular complexity index is 1190. The highest BCUT2D eigenvalue weighted by Gasteiger charge is 2.29. The molecule has 0 aliphatic rings. The number of benzene rings is 2. The first-order valence-electron chi connectivity index (χ1n) is 9.61. The number of carbonyl (C=O) groups is 1. The van der Waals surface area contributed by atoms with E-state index in [2.05, 4.69) is 6.58 Å². The third kappa shape index (κ3) is 3.74. The van der Waals surface area contributed by atoms with E-state index < -0.39 is 29.2 Å². The van der Waals surface area contributed by atoms with Crippen molar-refractivity contribution in [2.24, 2.45) is 5.92 Å². The molecule has 3 aromatic rings. The van der Waals surface area contributed by atoms with Crippen molar-refractivity contribution in [1.29, 1.82) is 0 Å². The highest BCUT2D eigenvalue weighted by molar-refractivity contribution is 6.14. The van der Waals surface area contributed by atoms with Crippen LogP contribution >= 0.6 is 0 Å². The van der Waals surface area contributed by atoms with E-state index in [4.69, 9.17) is 4.42 Å². The van der Waals surface area contributed by atoms with Gasteiger partial charge < -0.3 is 19.7 Å². The number of aliphatic hydroxyl groups is 1. The van der Waals surface area contributed by atoms with E-state index in [1.807, 2.05) is 6.07 Å². The average molecular weight is 408 g/mol. The Kier molecular flexibility index (Phi) is 5.80. The fourth-order valence-electron chi connectivity index (χ4n) is 3.35. The zero-order valence-electron chi connectivity index (χ0n) is 17.1. The molecule has 30 heavy (non-hydrogen) atoms. The van der Waals surface area contributed by atoms with Gasteiger partial charge in [0.05, 0.1) is 11.5 Å². The van der Waals surface area contributed by atoms with Gasteiger partial charge in [0.25, 0.3) is 0 Å². The molecule has 156 valence electrons. The molecule has 1 heterocycles. The maximum absolute atomic E-state index is 12.9. The number of hydrogen-bond donors (Lipinski definition) is 3. The lowest BCUT2D eigenvalue weighted by atomic mass is 9.89. The van der Waals surface area contributed by atoms with E-state index in [1.165, 1.54) is 6.07 Å². The number of ketones is 1. The van der Waals surface area contributed by atoms with Crippen LogP contribution in [0.4, 0.5) is 0 Å². The fourth-order valence-corrected chi connectivity index (χ4v) is 3.35. The summed E-state index contributed by atoms with van der Waals surface area (Å²) in [5, 5.41) is 32.4. The van der Waals surface area contributed by atoms with Gasteiger partial charge >= 0.3 is 5.63 Å². The second kappa shape index (κ2) is 8.16. The fraction of sp³-hybridized carbons (Fsp3) is 0.250. The van der Waals surface area contributed by atoms with Gasteiger partial charge in [-0.2, -0.15) is 0 Å². The zero-order chi connectivity index (χ0) is 22.2. The molecule has 0 radical (unpaired) electrons. The Labute approximate surface area is 173 Å². The molecule has 0 aliphatic heterocycles. The monoisotopic (exact) mass is 408 g/mol. The number of Topliss-reactive ketones (excluding diaryl/α,β-unsaturated/α-hetero) is 1. The number of phenolic OH excluding ortho intramolecular Hbond substituents is 2. The highest BCUT2D eigenvalue weighted by Crippen LogP contribution is 2.44. The van der Waals surface area contributed by atoms with Crippen LogP contribution < -0.4 is 5.63 Å². The van der Waals surface area contributed by atoms with Crippen molar-refractivity contribution >= 4 is 16.8 Å². The first kappa shape index (κ1) is 21.3. The number of aromatic hydroxyl groups is 2. The lowest BCUT2D eigenvalue weighted by molar-refractivity contribution is 0.0937. The van der Waals surface area contributed by atoms with E-state index >= 15 is 0 Å². The number of fused-ring (bicyclic) bond motifs is 1. The van der Waals surface area contributed by atoms with Crippen LogP contribution in [0.2, 0.25) is 0 Å². The first-order valence-corrected chi connectivity index (χ1v) is 9.61. The number of rotatable bonds is 6. The Morgan fingerprint density at radius 1 is 1.13 bits per heavy atom. The van der Waals surface area contributed by atoms with Gasteiger partial charge in [-0.1, -0.05) is 56.3 Å². The van der Waals surface area contributed by atoms with Gasteiger partial charge in [-0.25, -0.2) is 4.79 Å². The standard InChI is InChI=1S/C24H24O6/c1-12(2)17(25)10-16-22(28)19-15(14-8-6-5-7-9-14)11-18(26)30-24(19)20(23(16)29)21(27)13(3)4/h5-9,11,13,17,25,28-29H,1,10H2,2-4H3/t17-/m0/s1. The van der Waals surface area contributed by atoms with E-state index in [0.29, 0.717) is 16.7 Å². The normalized spacial score (nSPS) is 12.3. The molecule has 0 spiro atoms. The molecular weight excluding hydrogens is 384 g/mol. The highest BCUT2D eigenvalue weighted by atomic mass is 16.4. The molecule has 2 aromatic carbocycles. The van der Waals surface area contributed by atoms with E-state index in [9.17, 15) is 24.9 Å². The second-order valence-corrected chi connectivity index (χ2v) is 7.69. The van der Waals surface area contributed by atoms with Crippen LogP contribution in [0.15, 0.2) is 57.8 Å². The maximum atomic E-state index is 12.9. The lowest BCUT2D eigenvalue weighted by Gasteiger charge is -2.19. The molecular formula is C24H24O6. The molecule has 0 saturated carbocycles. The summed E-state index contributed by atoms with van der Waals surface area (Å²) in [4.78, 5) is 25.2. The largest absolute Gasteiger partial charge is 0.507 e. The van der Waals surface area contributed by atoms with Crippen molar-refractivity contribution < 1.29 is 24.5 Å². The lowest BCUT2D eigenvalue weighted by Crippen LogP contribution is -2.15. The topological polar surface area (TPSA) is 108 Å². The van der Waals surface area contributed by atoms with Gasteiger partial charge in [-0.05, 0) is 12.5 Å². The smallest absolute Gasteiger partial charge is 0.336 e. The summed E-state index contributed by atoms with van der Waals surface area (Å²) in [7, 11) is 0. The maximum Gasteiger partial charge on any atom is 0.336 e. The van der Waals surface area contributed by atoms with Gasteiger partial charge in [-0.3, -0.25) is 4.79 Å². The minimum Gasteiger partial charge on any atom is -0.507 e. The van der Waals surface area contributed by atoms with Crippen LogP contribution in [-0.4, -0.2) is 27.2 Å². The molecule has 0 amide bonds. The van der Waals surface area contributed by atoms with E-state index in [1.54, 1.807) is 45.0 Å². The summed E-state index contributed by atoms with van der Waals surface area (Å²) >= 11 is 0. The molecule has 3 rings (SSSR count). The van der Waals surface area contributed by atoms with Gasteiger partial charge in [0.15, 0.2) is 11.4 Å². The molecule has 6 nitrogen and oxygen atoms in total. The van der Waals surface area contributed by atoms with Gasteiger partial charge in [-0.15, -0.1) is 0 Å². The number of aliphatic hydroxyl groups excluding tert-OH is 1. The summed E-state index contributed by atoms with van der Waals surface area (Å²) in [6, 6.07) is 10.1. The Morgan fingerprint density at radius 3 is 2.33 bits per heavy atom. The number of phenols is 2. The van der Waals surface area contributed by atoms with E-state index in [0.717, 1.165) is 0 Å². The van der Waals surface area contributed by atoms with Crippen molar-refractivity contribution in [2.45, 2.75) is 33.3 Å². The quantitative estimate of drug-likeness (QED) is 0.321. The minimum atomic E-state index is -1.04. The van der Waals surface area contributed by atoms with Gasteiger partial charge in [0.1, 0.15) is 17.1 Å². The van der Waals surface area contributed by atoms with Crippen LogP contribution in [0.25, 0.3) is 22.1 Å². The Hall–Kier alpha value is -3.38. The number of hydrogen-bond acceptors (Lipinski definition) is 6. The molecule has 1 aromatic heterocycles. The van der Waals surface area contributed by atoms with Crippen LogP contribution in [-0.2, 0) is 6.42 Å². The van der Waals surface area contributed by atoms with Crippen LogP contribution in [0, 0.1) is 5.92 Å². The Balaban J connectivity index is 2.49. The molecule has 0 saturated heterocycles. The minimum absolute atomic E-state index is 0.00645. The zero-order valence-corrected chi connectivity index (χ0v) is 17.1. The van der Waals surface area contributed by atoms with E-state index in [-0.39, 0.29) is 34.3 Å². The predicted molar refractivity (Wildman–Crippen MR) is 115 cm³/mol. The molecule has 0 aliphatic carbocycles. The van der Waals surface area contributed by atoms with Crippen LogP contribution in [0.5, 0.6) is 11.5 Å². The SMILES string of the molecule is C=C(C)[C@@H](O)Cc1c(O)c(C(=O)C(C)C)c2oc(=O)cc(-c3ccccc3)c2c1O. The van der Waals surface area contributed by atoms with Gasteiger partial charge in [0, 0.05) is 29.5 Å². The van der Waals surface area contributed by atoms with Gasteiger partial charge in [0.2, 0.25) is 0 Å². The second-order valence-electron chi connectivity index (χ2n) is 7.69. The molecule has 1 atom stereocenters. The van der Waals surface area contributed by atoms with Crippen LogP contribution in [0.3, 0.4) is 0 Å². The predicted octanol–water partition coefficient (Wildman–Crippen LogP) is 4.19. The third-order valence-electron chi connectivity index (χ3n) is 5.06. The average Bonchev–Trinajstić information content (AvgIpc) is 2.70.